The zero-order valence-electron chi connectivity index (χ0n) is 18.3. The van der Waals surface area contributed by atoms with E-state index < -0.39 is 5.60 Å². The number of ether oxygens (including phenoxy) is 2. The van der Waals surface area contributed by atoms with Gasteiger partial charge >= 0.3 is 0 Å². The van der Waals surface area contributed by atoms with Crippen LogP contribution < -0.4 is 9.47 Å². The van der Waals surface area contributed by atoms with Gasteiger partial charge in [-0.2, -0.15) is 0 Å². The Morgan fingerprint density at radius 3 is 2.60 bits per heavy atom. The van der Waals surface area contributed by atoms with Gasteiger partial charge in [0.25, 0.3) is 0 Å². The van der Waals surface area contributed by atoms with E-state index in [1.54, 1.807) is 13.3 Å². The van der Waals surface area contributed by atoms with Crippen molar-refractivity contribution in [3.63, 3.8) is 0 Å². The van der Waals surface area contributed by atoms with E-state index in [0.29, 0.717) is 18.7 Å². The predicted molar refractivity (Wildman–Crippen MR) is 117 cm³/mol. The molecule has 0 unspecified atom stereocenters. The van der Waals surface area contributed by atoms with Crippen LogP contribution in [-0.4, -0.2) is 45.4 Å². The second kappa shape index (κ2) is 8.44. The van der Waals surface area contributed by atoms with Crippen molar-refractivity contribution < 1.29 is 14.6 Å². The molecule has 2 bridgehead atoms. The van der Waals surface area contributed by atoms with Crippen molar-refractivity contribution in [2.45, 2.75) is 63.3 Å². The number of nitrogens with zero attached hydrogens (tertiary/aromatic N) is 3. The molecule has 4 rings (SSSR count). The number of hydrogen-bond donors (Lipinski definition) is 1. The number of allylic oxidation sites excluding steroid dienone is 1. The van der Waals surface area contributed by atoms with Gasteiger partial charge in [-0.25, -0.2) is 4.98 Å². The molecule has 2 aromatic rings. The molecular formula is C24H33N3O3. The molecule has 1 N–H and O–H groups in total. The molecule has 6 heteroatoms. The molecule has 2 fully saturated rings. The summed E-state index contributed by atoms with van der Waals surface area (Å²) in [5, 5.41) is 11.4. The average Bonchev–Trinajstić information content (AvgIpc) is 3.26. The predicted octanol–water partition coefficient (Wildman–Crippen LogP) is 3.57. The smallest absolute Gasteiger partial charge is 0.164 e. The number of aliphatic hydroxyl groups is 1. The van der Waals surface area contributed by atoms with Gasteiger partial charge in [-0.05, 0) is 50.7 Å². The van der Waals surface area contributed by atoms with E-state index in [9.17, 15) is 5.11 Å². The minimum absolute atomic E-state index is 0.353. The van der Waals surface area contributed by atoms with Gasteiger partial charge in [0.1, 0.15) is 11.4 Å². The van der Waals surface area contributed by atoms with Crippen molar-refractivity contribution in [3.8, 4) is 11.5 Å². The number of fused-ring (bicyclic) bond motifs is 2. The van der Waals surface area contributed by atoms with Crippen LogP contribution in [0.1, 0.15) is 49.6 Å². The number of benzene rings is 1. The Hall–Kier alpha value is -2.31. The fourth-order valence-electron chi connectivity index (χ4n) is 5.36. The SMILES string of the molecule is C=CCc1cc(CN2[C@@H]3CC[C@@H]2CC(O)(c2nccn2C)C3)cc(OC)c1OCC. The Balaban J connectivity index is 1.58. The summed E-state index contributed by atoms with van der Waals surface area (Å²) in [6.07, 6.45) is 10.0. The summed E-state index contributed by atoms with van der Waals surface area (Å²) in [7, 11) is 3.65. The normalized spacial score (nSPS) is 26.0. The van der Waals surface area contributed by atoms with Crippen molar-refractivity contribution in [2.75, 3.05) is 13.7 Å². The minimum Gasteiger partial charge on any atom is -0.493 e. The third-order valence-corrected chi connectivity index (χ3v) is 6.58. The molecule has 1 aromatic carbocycles. The number of hydrogen-bond acceptors (Lipinski definition) is 5. The highest BCUT2D eigenvalue weighted by atomic mass is 16.5. The summed E-state index contributed by atoms with van der Waals surface area (Å²) in [4.78, 5) is 7.01. The molecule has 2 aliphatic rings. The molecule has 0 amide bonds. The van der Waals surface area contributed by atoms with Crippen LogP contribution in [0.3, 0.4) is 0 Å². The van der Waals surface area contributed by atoms with E-state index in [0.717, 1.165) is 61.5 Å². The average molecular weight is 412 g/mol. The summed E-state index contributed by atoms with van der Waals surface area (Å²) < 4.78 is 13.5. The van der Waals surface area contributed by atoms with Crippen molar-refractivity contribution in [1.29, 1.82) is 0 Å². The molecule has 162 valence electrons. The fourth-order valence-corrected chi connectivity index (χ4v) is 5.36. The molecule has 0 radical (unpaired) electrons. The molecule has 0 aliphatic carbocycles. The highest BCUT2D eigenvalue weighted by molar-refractivity contribution is 5.50. The Morgan fingerprint density at radius 2 is 2.03 bits per heavy atom. The van der Waals surface area contributed by atoms with Gasteiger partial charge in [0.15, 0.2) is 11.5 Å². The zero-order chi connectivity index (χ0) is 21.3. The first-order valence-corrected chi connectivity index (χ1v) is 10.9. The van der Waals surface area contributed by atoms with Gasteiger partial charge in [0.2, 0.25) is 0 Å². The van der Waals surface area contributed by atoms with Crippen LogP contribution in [0.2, 0.25) is 0 Å². The molecule has 2 aliphatic heterocycles. The lowest BCUT2D eigenvalue weighted by Gasteiger charge is -2.43. The summed E-state index contributed by atoms with van der Waals surface area (Å²) in [6.45, 7) is 7.33. The van der Waals surface area contributed by atoms with Crippen LogP contribution in [0.5, 0.6) is 11.5 Å². The van der Waals surface area contributed by atoms with E-state index in [2.05, 4.69) is 28.6 Å². The van der Waals surface area contributed by atoms with Crippen molar-refractivity contribution in [2.24, 2.45) is 7.05 Å². The molecule has 0 saturated carbocycles. The maximum absolute atomic E-state index is 11.4. The van der Waals surface area contributed by atoms with Crippen LogP contribution in [0.4, 0.5) is 0 Å². The van der Waals surface area contributed by atoms with Gasteiger partial charge in [0.05, 0.1) is 13.7 Å². The minimum atomic E-state index is -0.842. The number of imidazole rings is 1. The number of aryl methyl sites for hydroxylation is 1. The molecule has 1 aromatic heterocycles. The van der Waals surface area contributed by atoms with E-state index >= 15 is 0 Å². The molecule has 6 nitrogen and oxygen atoms in total. The number of methoxy groups -OCH3 is 1. The maximum Gasteiger partial charge on any atom is 0.164 e. The first kappa shape index (κ1) is 20.9. The van der Waals surface area contributed by atoms with Crippen LogP contribution in [0, 0.1) is 0 Å². The van der Waals surface area contributed by atoms with Crippen molar-refractivity contribution in [3.05, 3.63) is 54.1 Å². The number of aromatic nitrogens is 2. The third-order valence-electron chi connectivity index (χ3n) is 6.58. The highest BCUT2D eigenvalue weighted by Gasteiger charge is 2.49. The van der Waals surface area contributed by atoms with Crippen LogP contribution in [0.25, 0.3) is 0 Å². The second-order valence-electron chi connectivity index (χ2n) is 8.57. The Labute approximate surface area is 179 Å². The highest BCUT2D eigenvalue weighted by Crippen LogP contribution is 2.46. The Kier molecular flexibility index (Phi) is 5.89. The van der Waals surface area contributed by atoms with Gasteiger partial charge in [0, 0.05) is 43.6 Å². The summed E-state index contributed by atoms with van der Waals surface area (Å²) in [5.74, 6) is 2.38. The lowest BCUT2D eigenvalue weighted by atomic mass is 9.85. The van der Waals surface area contributed by atoms with Crippen LogP contribution >= 0.6 is 0 Å². The first-order chi connectivity index (χ1) is 14.5. The monoisotopic (exact) mass is 411 g/mol. The van der Waals surface area contributed by atoms with Crippen LogP contribution in [0.15, 0.2) is 37.2 Å². The van der Waals surface area contributed by atoms with Crippen molar-refractivity contribution >= 4 is 0 Å². The number of piperidine rings is 1. The molecule has 30 heavy (non-hydrogen) atoms. The maximum atomic E-state index is 11.4. The van der Waals surface area contributed by atoms with Crippen molar-refractivity contribution in [1.82, 2.24) is 14.5 Å². The zero-order valence-corrected chi connectivity index (χ0v) is 18.3. The van der Waals surface area contributed by atoms with Gasteiger partial charge in [-0.3, -0.25) is 4.90 Å². The lowest BCUT2D eigenvalue weighted by molar-refractivity contribution is -0.0669. The second-order valence-corrected chi connectivity index (χ2v) is 8.57. The van der Waals surface area contributed by atoms with E-state index in [-0.39, 0.29) is 0 Å². The fraction of sp³-hybridized carbons (Fsp3) is 0.542. The Morgan fingerprint density at radius 1 is 1.30 bits per heavy atom. The molecule has 0 spiro atoms. The molecular weight excluding hydrogens is 378 g/mol. The van der Waals surface area contributed by atoms with Gasteiger partial charge < -0.3 is 19.1 Å². The molecule has 3 heterocycles. The first-order valence-electron chi connectivity index (χ1n) is 10.9. The third kappa shape index (κ3) is 3.74. The number of rotatable bonds is 8. The van der Waals surface area contributed by atoms with Gasteiger partial charge in [-0.1, -0.05) is 12.1 Å². The largest absolute Gasteiger partial charge is 0.493 e. The Bertz CT molecular complexity index is 893. The topological polar surface area (TPSA) is 59.8 Å². The van der Waals surface area contributed by atoms with E-state index in [1.807, 2.05) is 30.8 Å². The molecule has 2 saturated heterocycles. The molecule has 2 atom stereocenters. The standard InChI is InChI=1S/C24H33N3O3/c1-5-7-18-12-17(13-21(29-4)22(18)30-6-2)16-27-19-8-9-20(27)15-24(28,14-19)23-25-10-11-26(23)3/h5,10-13,19-20,28H,1,6-9,14-16H2,2-4H3/t19-,20-/m1/s1. The van der Waals surface area contributed by atoms with E-state index in [1.165, 1.54) is 5.56 Å². The summed E-state index contributed by atoms with van der Waals surface area (Å²) in [6, 6.07) is 5.02. The lowest BCUT2D eigenvalue weighted by Crippen LogP contribution is -2.50. The van der Waals surface area contributed by atoms with E-state index in [4.69, 9.17) is 9.47 Å². The summed E-state index contributed by atoms with van der Waals surface area (Å²) in [5.41, 5.74) is 1.48. The van der Waals surface area contributed by atoms with Gasteiger partial charge in [-0.15, -0.1) is 6.58 Å². The summed E-state index contributed by atoms with van der Waals surface area (Å²) >= 11 is 0. The van der Waals surface area contributed by atoms with Crippen LogP contribution in [-0.2, 0) is 25.6 Å². The quantitative estimate of drug-likeness (QED) is 0.673.